The first kappa shape index (κ1) is 15.8. The lowest BCUT2D eigenvalue weighted by Gasteiger charge is -2.04. The van der Waals surface area contributed by atoms with Crippen LogP contribution in [0.15, 0.2) is 29.3 Å². The van der Waals surface area contributed by atoms with Crippen LogP contribution in [-0.4, -0.2) is 24.5 Å². The molecule has 1 aromatic carbocycles. The Balaban J connectivity index is 3.07. The number of carbonyl (C=O) groups excluding carboxylic acids is 1. The first-order chi connectivity index (χ1) is 9.32. The Labute approximate surface area is 114 Å². The maximum absolute atomic E-state index is 12.7. The molecule has 0 saturated heterocycles. The van der Waals surface area contributed by atoms with Crippen LogP contribution in [0.4, 0.5) is 18.9 Å². The smallest absolute Gasteiger partial charge is 0.441 e. The fourth-order valence-electron chi connectivity index (χ4n) is 1.19. The number of hydrogen-bond acceptors (Lipinski definition) is 3. The van der Waals surface area contributed by atoms with Gasteiger partial charge in [0.05, 0.1) is 12.3 Å². The summed E-state index contributed by atoms with van der Waals surface area (Å²) >= 11 is 0. The molecule has 0 bridgehead atoms. The molecule has 0 heterocycles. The maximum Gasteiger partial charge on any atom is 0.441 e. The number of aryl methyl sites for hydroxylation is 1. The topological polar surface area (TPSA) is 38.7 Å². The first-order valence-electron chi connectivity index (χ1n) is 5.74. The van der Waals surface area contributed by atoms with E-state index in [1.165, 1.54) is 19.1 Å². The third kappa shape index (κ3) is 5.14. The summed E-state index contributed by atoms with van der Waals surface area (Å²) in [7, 11) is 0. The molecule has 0 N–H and O–H groups in total. The Morgan fingerprint density at radius 3 is 2.35 bits per heavy atom. The lowest BCUT2D eigenvalue weighted by atomic mass is 10.2. The van der Waals surface area contributed by atoms with E-state index in [1.807, 2.05) is 0 Å². The van der Waals surface area contributed by atoms with Gasteiger partial charge in [-0.15, -0.1) is 0 Å². The fourth-order valence-corrected chi connectivity index (χ4v) is 1.19. The number of esters is 1. The van der Waals surface area contributed by atoms with Gasteiger partial charge in [0.2, 0.25) is 0 Å². The van der Waals surface area contributed by atoms with Crippen molar-refractivity contribution < 1.29 is 22.7 Å². The van der Waals surface area contributed by atoms with E-state index in [9.17, 15) is 18.0 Å². The molecule has 20 heavy (non-hydrogen) atoms. The highest BCUT2D eigenvalue weighted by Crippen LogP contribution is 2.21. The number of ether oxygens (including phenoxy) is 1. The predicted octanol–water partition coefficient (Wildman–Crippen LogP) is 3.20. The predicted molar refractivity (Wildman–Crippen MR) is 68.7 cm³/mol. The van der Waals surface area contributed by atoms with Gasteiger partial charge in [-0.3, -0.25) is 0 Å². The molecule has 0 unspecified atom stereocenters. The minimum Gasteiger partial charge on any atom is -0.456 e. The zero-order valence-electron chi connectivity index (χ0n) is 10.9. The third-order valence-electron chi connectivity index (χ3n) is 2.10. The molecule has 0 saturated carbocycles. The van der Waals surface area contributed by atoms with Crippen molar-refractivity contribution in [3.05, 3.63) is 29.8 Å². The largest absolute Gasteiger partial charge is 0.456 e. The Kier molecular flexibility index (Phi) is 5.32. The minimum absolute atomic E-state index is 0.0456. The van der Waals surface area contributed by atoms with E-state index in [4.69, 9.17) is 0 Å². The highest BCUT2D eigenvalue weighted by Gasteiger charge is 2.35. The van der Waals surface area contributed by atoms with Crippen molar-refractivity contribution in [2.45, 2.75) is 20.0 Å². The Bertz CT molecular complexity index is 563. The van der Waals surface area contributed by atoms with Gasteiger partial charge >= 0.3 is 12.1 Å². The Morgan fingerprint density at radius 2 is 1.85 bits per heavy atom. The van der Waals surface area contributed by atoms with Gasteiger partial charge in [0.1, 0.15) is 0 Å². The molecule has 0 amide bonds. The van der Waals surface area contributed by atoms with Gasteiger partial charge in [0.15, 0.2) is 5.71 Å². The van der Waals surface area contributed by atoms with Crippen molar-refractivity contribution in [1.29, 1.82) is 0 Å². The molecule has 0 radical (unpaired) electrons. The van der Waals surface area contributed by atoms with Crippen LogP contribution in [0.5, 0.6) is 0 Å². The van der Waals surface area contributed by atoms with Crippen LogP contribution in [-0.2, 0) is 9.53 Å². The fraction of sp³-hybridized carbons (Fsp3) is 0.286. The molecule has 3 nitrogen and oxygen atoms in total. The monoisotopic (exact) mass is 283 g/mol. The zero-order valence-corrected chi connectivity index (χ0v) is 10.9. The van der Waals surface area contributed by atoms with E-state index in [2.05, 4.69) is 9.73 Å². The van der Waals surface area contributed by atoms with Crippen molar-refractivity contribution in [1.82, 2.24) is 0 Å². The lowest BCUT2D eigenvalue weighted by molar-refractivity contribution is -0.136. The van der Waals surface area contributed by atoms with Crippen LogP contribution in [0.25, 0.3) is 0 Å². The van der Waals surface area contributed by atoms with Crippen molar-refractivity contribution in [2.24, 2.45) is 4.99 Å². The average molecular weight is 283 g/mol. The van der Waals surface area contributed by atoms with Crippen LogP contribution in [0, 0.1) is 18.8 Å². The number of nitrogens with zero attached hydrogens (tertiary/aromatic N) is 1. The van der Waals surface area contributed by atoms with Crippen molar-refractivity contribution in [3.8, 4) is 11.8 Å². The van der Waals surface area contributed by atoms with Gasteiger partial charge in [0, 0.05) is 5.92 Å². The summed E-state index contributed by atoms with van der Waals surface area (Å²) in [5.74, 6) is 2.45. The molecular weight excluding hydrogens is 271 g/mol. The molecule has 1 aromatic rings. The Morgan fingerprint density at radius 1 is 1.25 bits per heavy atom. The molecule has 0 fully saturated rings. The molecular formula is C14H12F3NO2. The quantitative estimate of drug-likeness (QED) is 0.362. The summed E-state index contributed by atoms with van der Waals surface area (Å²) in [5.41, 5.74) is -0.328. The molecule has 0 aromatic heterocycles. The summed E-state index contributed by atoms with van der Waals surface area (Å²) in [6.07, 6.45) is -4.73. The summed E-state index contributed by atoms with van der Waals surface area (Å²) < 4.78 is 42.6. The van der Waals surface area contributed by atoms with Crippen LogP contribution in [0.1, 0.15) is 12.5 Å². The molecule has 0 atom stereocenters. The number of carbonyl (C=O) groups is 1. The summed E-state index contributed by atoms with van der Waals surface area (Å²) in [6, 6.07) is 6.14. The van der Waals surface area contributed by atoms with Crippen LogP contribution >= 0.6 is 0 Å². The maximum atomic E-state index is 12.7. The van der Waals surface area contributed by atoms with Gasteiger partial charge in [-0.05, 0) is 31.9 Å². The molecule has 0 aliphatic heterocycles. The Hall–Kier alpha value is -2.29. The molecule has 0 aliphatic carbocycles. The summed E-state index contributed by atoms with van der Waals surface area (Å²) in [5, 5.41) is 0. The SMILES string of the molecule is CCOC(=O)C#CC(=Nc1ccc(C)cc1)C(F)(F)F. The highest BCUT2D eigenvalue weighted by molar-refractivity contribution is 6.09. The molecule has 6 heteroatoms. The third-order valence-corrected chi connectivity index (χ3v) is 2.10. The second-order valence-corrected chi connectivity index (χ2v) is 3.76. The van der Waals surface area contributed by atoms with Crippen LogP contribution < -0.4 is 0 Å². The van der Waals surface area contributed by atoms with E-state index in [1.54, 1.807) is 30.9 Å². The second kappa shape index (κ2) is 6.75. The summed E-state index contributed by atoms with van der Waals surface area (Å²) in [6.45, 7) is 3.38. The minimum atomic E-state index is -4.73. The van der Waals surface area contributed by atoms with Crippen molar-refractivity contribution in [2.75, 3.05) is 6.61 Å². The molecule has 0 aliphatic rings. The number of halogens is 3. The number of hydrogen-bond donors (Lipinski definition) is 0. The first-order valence-corrected chi connectivity index (χ1v) is 5.74. The lowest BCUT2D eigenvalue weighted by Crippen LogP contribution is -2.21. The highest BCUT2D eigenvalue weighted by atomic mass is 19.4. The van der Waals surface area contributed by atoms with Crippen LogP contribution in [0.2, 0.25) is 0 Å². The molecule has 1 rings (SSSR count). The van der Waals surface area contributed by atoms with E-state index in [0.717, 1.165) is 5.56 Å². The van der Waals surface area contributed by atoms with E-state index in [-0.39, 0.29) is 12.3 Å². The van der Waals surface area contributed by atoms with Gasteiger partial charge in [-0.2, -0.15) is 13.2 Å². The van der Waals surface area contributed by atoms with E-state index >= 15 is 0 Å². The number of benzene rings is 1. The van der Waals surface area contributed by atoms with Crippen molar-refractivity contribution >= 4 is 17.4 Å². The van der Waals surface area contributed by atoms with Crippen molar-refractivity contribution in [3.63, 3.8) is 0 Å². The van der Waals surface area contributed by atoms with Gasteiger partial charge in [-0.25, -0.2) is 9.79 Å². The van der Waals surface area contributed by atoms with Gasteiger partial charge in [0.25, 0.3) is 0 Å². The second-order valence-electron chi connectivity index (χ2n) is 3.76. The standard InChI is InChI=1S/C14H12F3NO2/c1-3-20-13(19)9-8-12(14(15,16)17)18-11-6-4-10(2)5-7-11/h4-7H,3H2,1-2H3. The molecule has 0 spiro atoms. The number of aliphatic imine (C=N–C) groups is 1. The summed E-state index contributed by atoms with van der Waals surface area (Å²) in [4.78, 5) is 14.4. The van der Waals surface area contributed by atoms with Gasteiger partial charge < -0.3 is 4.74 Å². The zero-order chi connectivity index (χ0) is 15.2. The normalized spacial score (nSPS) is 11.6. The van der Waals surface area contributed by atoms with Crippen LogP contribution in [0.3, 0.4) is 0 Å². The van der Waals surface area contributed by atoms with Gasteiger partial charge in [-0.1, -0.05) is 17.7 Å². The van der Waals surface area contributed by atoms with E-state index in [0.29, 0.717) is 0 Å². The number of rotatable bonds is 2. The molecule has 106 valence electrons. The average Bonchev–Trinajstić information content (AvgIpc) is 2.35. The number of alkyl halides is 3. The van der Waals surface area contributed by atoms with E-state index < -0.39 is 17.9 Å².